The Morgan fingerprint density at radius 2 is 2.28 bits per heavy atom. The number of carbonyl (C=O) groups is 2. The molecule has 0 saturated carbocycles. The maximum absolute atomic E-state index is 11.8. The van der Waals surface area contributed by atoms with Gasteiger partial charge < -0.3 is 15.3 Å². The second-order valence-corrected chi connectivity index (χ2v) is 3.86. The molecule has 0 aliphatic heterocycles. The van der Waals surface area contributed by atoms with E-state index in [1.54, 1.807) is 17.9 Å². The van der Waals surface area contributed by atoms with Gasteiger partial charge in [-0.1, -0.05) is 0 Å². The fourth-order valence-electron chi connectivity index (χ4n) is 1.47. The third-order valence-corrected chi connectivity index (χ3v) is 2.45. The molecule has 1 aromatic heterocycles. The van der Waals surface area contributed by atoms with E-state index in [0.29, 0.717) is 13.1 Å². The Kier molecular flexibility index (Phi) is 5.16. The van der Waals surface area contributed by atoms with Crippen molar-refractivity contribution in [3.8, 4) is 0 Å². The number of aliphatic carboxylic acids is 1. The molecule has 7 heteroatoms. The van der Waals surface area contributed by atoms with Crippen LogP contribution in [0, 0.1) is 0 Å². The number of hydrogen-bond acceptors (Lipinski definition) is 3. The third kappa shape index (κ3) is 4.44. The van der Waals surface area contributed by atoms with E-state index in [2.05, 4.69) is 10.4 Å². The Bertz CT molecular complexity index is 416. The molecule has 0 unspecified atom stereocenters. The molecule has 0 fully saturated rings. The number of carbonyl (C=O) groups excluding carboxylic acids is 1. The summed E-state index contributed by atoms with van der Waals surface area (Å²) in [6.45, 7) is 2.83. The van der Waals surface area contributed by atoms with Gasteiger partial charge in [0.1, 0.15) is 0 Å². The number of amides is 2. The highest BCUT2D eigenvalue weighted by atomic mass is 16.4. The van der Waals surface area contributed by atoms with E-state index >= 15 is 0 Å². The summed E-state index contributed by atoms with van der Waals surface area (Å²) in [5.74, 6) is -0.911. The second-order valence-electron chi connectivity index (χ2n) is 3.86. The van der Waals surface area contributed by atoms with Gasteiger partial charge in [-0.05, 0) is 13.0 Å². The van der Waals surface area contributed by atoms with Crippen molar-refractivity contribution in [2.24, 2.45) is 7.05 Å². The van der Waals surface area contributed by atoms with Crippen LogP contribution in [0.3, 0.4) is 0 Å². The van der Waals surface area contributed by atoms with Crippen LogP contribution in [-0.2, 0) is 18.4 Å². The zero-order chi connectivity index (χ0) is 13.5. The van der Waals surface area contributed by atoms with Crippen LogP contribution in [-0.4, -0.2) is 44.9 Å². The number of carboxylic acids is 1. The van der Waals surface area contributed by atoms with Crippen LogP contribution in [0.4, 0.5) is 4.79 Å². The predicted molar refractivity (Wildman–Crippen MR) is 64.9 cm³/mol. The van der Waals surface area contributed by atoms with E-state index < -0.39 is 5.97 Å². The van der Waals surface area contributed by atoms with Crippen molar-refractivity contribution in [3.63, 3.8) is 0 Å². The third-order valence-electron chi connectivity index (χ3n) is 2.45. The van der Waals surface area contributed by atoms with Gasteiger partial charge >= 0.3 is 12.0 Å². The number of nitrogens with zero attached hydrogens (tertiary/aromatic N) is 3. The lowest BCUT2D eigenvalue weighted by Crippen LogP contribution is -2.40. The molecule has 0 radical (unpaired) electrons. The molecule has 1 rings (SSSR count). The summed E-state index contributed by atoms with van der Waals surface area (Å²) in [6, 6.07) is 1.54. The van der Waals surface area contributed by atoms with Crippen LogP contribution in [0.25, 0.3) is 0 Å². The zero-order valence-electron chi connectivity index (χ0n) is 10.6. The normalized spacial score (nSPS) is 10.1. The minimum atomic E-state index is -0.911. The van der Waals surface area contributed by atoms with Gasteiger partial charge in [-0.15, -0.1) is 0 Å². The van der Waals surface area contributed by atoms with Crippen molar-refractivity contribution in [2.45, 2.75) is 19.9 Å². The molecule has 100 valence electrons. The van der Waals surface area contributed by atoms with Crippen LogP contribution < -0.4 is 5.32 Å². The molecule has 1 aromatic rings. The van der Waals surface area contributed by atoms with Crippen LogP contribution in [0.15, 0.2) is 12.3 Å². The quantitative estimate of drug-likeness (QED) is 0.770. The van der Waals surface area contributed by atoms with Crippen molar-refractivity contribution in [1.82, 2.24) is 20.0 Å². The maximum atomic E-state index is 11.8. The first-order chi connectivity index (χ1) is 8.52. The van der Waals surface area contributed by atoms with Crippen molar-refractivity contribution in [2.75, 3.05) is 13.1 Å². The number of urea groups is 1. The molecule has 0 spiro atoms. The number of rotatable bonds is 6. The van der Waals surface area contributed by atoms with Crippen LogP contribution in [0.1, 0.15) is 19.0 Å². The first kappa shape index (κ1) is 14.0. The number of nitrogens with one attached hydrogen (secondary N) is 1. The van der Waals surface area contributed by atoms with Gasteiger partial charge in [-0.2, -0.15) is 5.10 Å². The van der Waals surface area contributed by atoms with Crippen LogP contribution >= 0.6 is 0 Å². The van der Waals surface area contributed by atoms with E-state index in [4.69, 9.17) is 5.11 Å². The number of aryl methyl sites for hydroxylation is 1. The first-order valence-corrected chi connectivity index (χ1v) is 5.76. The van der Waals surface area contributed by atoms with Gasteiger partial charge in [0.2, 0.25) is 0 Å². The molecule has 2 amide bonds. The average Bonchev–Trinajstić information content (AvgIpc) is 2.73. The Hall–Kier alpha value is -2.05. The Balaban J connectivity index is 2.39. The predicted octanol–water partition coefficient (Wildman–Crippen LogP) is 0.426. The summed E-state index contributed by atoms with van der Waals surface area (Å²) in [4.78, 5) is 23.7. The topological polar surface area (TPSA) is 87.5 Å². The van der Waals surface area contributed by atoms with Crippen molar-refractivity contribution < 1.29 is 14.7 Å². The van der Waals surface area contributed by atoms with Gasteiger partial charge in [0.15, 0.2) is 0 Å². The highest BCUT2D eigenvalue weighted by Gasteiger charge is 2.12. The lowest BCUT2D eigenvalue weighted by Gasteiger charge is -2.20. The summed E-state index contributed by atoms with van der Waals surface area (Å²) in [5.41, 5.74) is 0.764. The van der Waals surface area contributed by atoms with E-state index in [1.165, 1.54) is 4.90 Å². The van der Waals surface area contributed by atoms with E-state index in [0.717, 1.165) is 5.69 Å². The highest BCUT2D eigenvalue weighted by molar-refractivity contribution is 5.75. The Labute approximate surface area is 105 Å². The largest absolute Gasteiger partial charge is 0.481 e. The SMILES string of the molecule is CCN(CCC(=O)O)C(=O)NCc1ccn(C)n1. The molecular weight excluding hydrogens is 236 g/mol. The molecule has 0 aliphatic carbocycles. The Morgan fingerprint density at radius 1 is 1.56 bits per heavy atom. The molecule has 1 heterocycles. The van der Waals surface area contributed by atoms with E-state index in [1.807, 2.05) is 13.0 Å². The van der Waals surface area contributed by atoms with Crippen LogP contribution in [0.2, 0.25) is 0 Å². The molecule has 7 nitrogen and oxygen atoms in total. The summed E-state index contributed by atoms with van der Waals surface area (Å²) in [6.07, 6.45) is 1.74. The monoisotopic (exact) mass is 254 g/mol. The highest BCUT2D eigenvalue weighted by Crippen LogP contribution is 1.96. The number of carboxylic acid groups (broad SMARTS) is 1. The Morgan fingerprint density at radius 3 is 2.78 bits per heavy atom. The van der Waals surface area contributed by atoms with Gasteiger partial charge in [0.25, 0.3) is 0 Å². The molecule has 0 saturated heterocycles. The van der Waals surface area contributed by atoms with Crippen molar-refractivity contribution in [3.05, 3.63) is 18.0 Å². The number of aromatic nitrogens is 2. The molecule has 18 heavy (non-hydrogen) atoms. The van der Waals surface area contributed by atoms with Gasteiger partial charge in [0.05, 0.1) is 18.7 Å². The lowest BCUT2D eigenvalue weighted by atomic mass is 10.4. The number of hydrogen-bond donors (Lipinski definition) is 2. The van der Waals surface area contributed by atoms with Crippen molar-refractivity contribution in [1.29, 1.82) is 0 Å². The van der Waals surface area contributed by atoms with Gasteiger partial charge in [-0.25, -0.2) is 4.79 Å². The summed E-state index contributed by atoms with van der Waals surface area (Å²) in [7, 11) is 1.80. The molecule has 0 aliphatic rings. The van der Waals surface area contributed by atoms with E-state index in [9.17, 15) is 9.59 Å². The average molecular weight is 254 g/mol. The minimum absolute atomic E-state index is 0.0507. The summed E-state index contributed by atoms with van der Waals surface area (Å²) >= 11 is 0. The fourth-order valence-corrected chi connectivity index (χ4v) is 1.47. The molecule has 2 N–H and O–H groups in total. The maximum Gasteiger partial charge on any atom is 0.317 e. The molecular formula is C11H18N4O3. The molecule has 0 bridgehead atoms. The minimum Gasteiger partial charge on any atom is -0.481 e. The fraction of sp³-hybridized carbons (Fsp3) is 0.545. The van der Waals surface area contributed by atoms with Crippen LogP contribution in [0.5, 0.6) is 0 Å². The standard InChI is InChI=1S/C11H18N4O3/c1-3-15(7-5-10(16)17)11(18)12-8-9-4-6-14(2)13-9/h4,6H,3,5,7-8H2,1-2H3,(H,12,18)(H,16,17). The lowest BCUT2D eigenvalue weighted by molar-refractivity contribution is -0.137. The molecule has 0 aromatic carbocycles. The summed E-state index contributed by atoms with van der Waals surface area (Å²) < 4.78 is 1.66. The first-order valence-electron chi connectivity index (χ1n) is 5.76. The van der Waals surface area contributed by atoms with Crippen molar-refractivity contribution >= 4 is 12.0 Å². The molecule has 0 atom stereocenters. The van der Waals surface area contributed by atoms with E-state index in [-0.39, 0.29) is 19.0 Å². The smallest absolute Gasteiger partial charge is 0.317 e. The zero-order valence-corrected chi connectivity index (χ0v) is 10.6. The second kappa shape index (κ2) is 6.63. The van der Waals surface area contributed by atoms with Gasteiger partial charge in [-0.3, -0.25) is 9.48 Å². The van der Waals surface area contributed by atoms with Gasteiger partial charge in [0, 0.05) is 26.3 Å². The summed E-state index contributed by atoms with van der Waals surface area (Å²) in [5, 5.41) is 15.4.